The van der Waals surface area contributed by atoms with E-state index in [-0.39, 0.29) is 21.2 Å². The predicted octanol–water partition coefficient (Wildman–Crippen LogP) is 2.30. The predicted molar refractivity (Wildman–Crippen MR) is 103 cm³/mol. The third-order valence-electron chi connectivity index (χ3n) is 3.79. The number of rotatable bonds is 7. The van der Waals surface area contributed by atoms with Gasteiger partial charge in [0.15, 0.2) is 0 Å². The summed E-state index contributed by atoms with van der Waals surface area (Å²) in [4.78, 5) is 0. The molecule has 0 heterocycles. The second kappa shape index (κ2) is 10.0. The van der Waals surface area contributed by atoms with Crippen LogP contribution in [0.15, 0.2) is 22.2 Å². The lowest BCUT2D eigenvalue weighted by atomic mass is 9.97. The zero-order valence-corrected chi connectivity index (χ0v) is 18.1. The molecule has 6 heteroatoms. The molecule has 0 fully saturated rings. The summed E-state index contributed by atoms with van der Waals surface area (Å²) in [6, 6.07) is 0. The largest absolute Gasteiger partial charge is 1.00 e. The SMILES string of the molecule is C#CC[N+](CCC)(CCC)CC1(I)C(Cl)=CC(Cl)=CC1Cl.[Cl-]. The van der Waals surface area contributed by atoms with E-state index in [1.165, 1.54) is 0 Å². The molecule has 0 spiro atoms. The van der Waals surface area contributed by atoms with E-state index in [2.05, 4.69) is 42.4 Å². The molecule has 1 rings (SSSR count). The minimum Gasteiger partial charge on any atom is -1.00 e. The van der Waals surface area contributed by atoms with Gasteiger partial charge in [-0.3, -0.25) is 0 Å². The van der Waals surface area contributed by atoms with Crippen LogP contribution in [0.3, 0.4) is 0 Å². The number of allylic oxidation sites excluding steroid dienone is 3. The average Bonchev–Trinajstić information content (AvgIpc) is 2.37. The van der Waals surface area contributed by atoms with Crippen LogP contribution in [-0.4, -0.2) is 39.5 Å². The topological polar surface area (TPSA) is 0 Å². The van der Waals surface area contributed by atoms with Crippen molar-refractivity contribution >= 4 is 57.4 Å². The van der Waals surface area contributed by atoms with Crippen LogP contribution in [0.1, 0.15) is 26.7 Å². The second-order valence-corrected chi connectivity index (χ2v) is 8.86. The highest BCUT2D eigenvalue weighted by Gasteiger charge is 2.46. The first-order chi connectivity index (χ1) is 9.83. The smallest absolute Gasteiger partial charge is 0.140 e. The van der Waals surface area contributed by atoms with Gasteiger partial charge in [-0.25, -0.2) is 0 Å². The highest BCUT2D eigenvalue weighted by atomic mass is 127. The normalized spacial score (nSPS) is 24.9. The fraction of sp³-hybridized carbons (Fsp3) is 0.625. The minimum absolute atomic E-state index is 0. The van der Waals surface area contributed by atoms with Crippen molar-refractivity contribution in [1.82, 2.24) is 0 Å². The molecule has 2 atom stereocenters. The first-order valence-electron chi connectivity index (χ1n) is 7.20. The van der Waals surface area contributed by atoms with Gasteiger partial charge < -0.3 is 16.9 Å². The molecule has 2 unspecified atom stereocenters. The lowest BCUT2D eigenvalue weighted by Gasteiger charge is -2.44. The highest BCUT2D eigenvalue weighted by Crippen LogP contribution is 2.44. The molecule has 0 saturated carbocycles. The molecule has 126 valence electrons. The van der Waals surface area contributed by atoms with Gasteiger partial charge in [-0.1, -0.05) is 59.6 Å². The maximum atomic E-state index is 6.56. The highest BCUT2D eigenvalue weighted by molar-refractivity contribution is 14.1. The van der Waals surface area contributed by atoms with Crippen molar-refractivity contribution in [3.63, 3.8) is 0 Å². The van der Waals surface area contributed by atoms with Gasteiger partial charge in [-0.2, -0.15) is 0 Å². The van der Waals surface area contributed by atoms with Crippen LogP contribution in [0.4, 0.5) is 0 Å². The van der Waals surface area contributed by atoms with Gasteiger partial charge in [-0.15, -0.1) is 18.0 Å². The number of halogens is 5. The Hall–Kier alpha value is 0.890. The summed E-state index contributed by atoms with van der Waals surface area (Å²) in [6.45, 7) is 7.97. The van der Waals surface area contributed by atoms with Crippen LogP contribution < -0.4 is 12.4 Å². The van der Waals surface area contributed by atoms with E-state index < -0.39 is 0 Å². The Kier molecular flexibility index (Phi) is 10.4. The molecule has 0 radical (unpaired) electrons. The molecule has 1 nitrogen and oxygen atoms in total. The molecule has 0 aromatic rings. The van der Waals surface area contributed by atoms with Gasteiger partial charge in [0.2, 0.25) is 0 Å². The molecule has 22 heavy (non-hydrogen) atoms. The van der Waals surface area contributed by atoms with Crippen molar-refractivity contribution < 1.29 is 16.9 Å². The Bertz CT molecular complexity index is 463. The lowest BCUT2D eigenvalue weighted by molar-refractivity contribution is -0.922. The quantitative estimate of drug-likeness (QED) is 0.220. The molecular weight excluding hydrogens is 475 g/mol. The molecule has 0 saturated heterocycles. The summed E-state index contributed by atoms with van der Waals surface area (Å²) in [6.07, 6.45) is 11.5. The van der Waals surface area contributed by atoms with Gasteiger partial charge in [0, 0.05) is 10.1 Å². The van der Waals surface area contributed by atoms with Gasteiger partial charge >= 0.3 is 0 Å². The van der Waals surface area contributed by atoms with Crippen LogP contribution in [0.2, 0.25) is 0 Å². The fourth-order valence-electron chi connectivity index (χ4n) is 2.97. The Morgan fingerprint density at radius 3 is 2.27 bits per heavy atom. The van der Waals surface area contributed by atoms with Gasteiger partial charge in [0.25, 0.3) is 0 Å². The fourth-order valence-corrected chi connectivity index (χ4v) is 5.06. The van der Waals surface area contributed by atoms with E-state index in [4.69, 9.17) is 41.2 Å². The summed E-state index contributed by atoms with van der Waals surface area (Å²) < 4.78 is 0.492. The molecule has 0 N–H and O–H groups in total. The summed E-state index contributed by atoms with van der Waals surface area (Å²) in [7, 11) is 0. The average molecular weight is 497 g/mol. The summed E-state index contributed by atoms with van der Waals surface area (Å²) in [5.74, 6) is 2.85. The van der Waals surface area contributed by atoms with E-state index in [0.29, 0.717) is 16.6 Å². The van der Waals surface area contributed by atoms with Crippen LogP contribution >= 0.6 is 57.4 Å². The van der Waals surface area contributed by atoms with Crippen molar-refractivity contribution in [1.29, 1.82) is 0 Å². The molecule has 0 bridgehead atoms. The minimum atomic E-state index is -0.361. The second-order valence-electron chi connectivity index (χ2n) is 5.62. The van der Waals surface area contributed by atoms with Crippen molar-refractivity contribution in [3.8, 4) is 12.3 Å². The Morgan fingerprint density at radius 2 is 1.86 bits per heavy atom. The molecule has 1 aliphatic carbocycles. The number of alkyl halides is 2. The van der Waals surface area contributed by atoms with Crippen LogP contribution in [-0.2, 0) is 0 Å². The molecule has 1 aliphatic rings. The van der Waals surface area contributed by atoms with Crippen molar-refractivity contribution in [2.24, 2.45) is 0 Å². The van der Waals surface area contributed by atoms with Gasteiger partial charge in [-0.05, 0) is 30.9 Å². The standard InChI is InChI=1S/C16H22Cl3IN.ClH/c1-4-7-21(8-5-2,9-6-3)12-16(20)14(18)10-13(17)11-15(16)19;/h1,10-11,14H,5-9,12H2,2-3H3;1H/q+1;/p-1. The Balaban J connectivity index is 0.00000441. The zero-order valence-electron chi connectivity index (χ0n) is 12.9. The summed E-state index contributed by atoms with van der Waals surface area (Å²) in [5, 5.41) is 1.09. The maximum absolute atomic E-state index is 6.56. The Morgan fingerprint density at radius 1 is 1.32 bits per heavy atom. The number of quaternary nitrogens is 1. The zero-order chi connectivity index (χ0) is 16.1. The first kappa shape index (κ1) is 22.9. The third-order valence-corrected chi connectivity index (χ3v) is 7.25. The van der Waals surface area contributed by atoms with E-state index in [9.17, 15) is 0 Å². The lowest BCUT2D eigenvalue weighted by Crippen LogP contribution is -3.00. The van der Waals surface area contributed by atoms with Crippen molar-refractivity contribution in [3.05, 3.63) is 22.2 Å². The molecule has 0 aromatic carbocycles. The molecule has 0 aromatic heterocycles. The third kappa shape index (κ3) is 5.46. The van der Waals surface area contributed by atoms with Gasteiger partial charge in [0.1, 0.15) is 16.5 Å². The van der Waals surface area contributed by atoms with Crippen molar-refractivity contribution in [2.45, 2.75) is 35.5 Å². The Labute approximate surface area is 169 Å². The summed E-state index contributed by atoms with van der Waals surface area (Å²) >= 11 is 21.5. The van der Waals surface area contributed by atoms with Gasteiger partial charge in [0.05, 0.1) is 18.5 Å². The van der Waals surface area contributed by atoms with E-state index >= 15 is 0 Å². The van der Waals surface area contributed by atoms with Crippen molar-refractivity contribution in [2.75, 3.05) is 26.2 Å². The van der Waals surface area contributed by atoms with Crippen LogP contribution in [0, 0.1) is 12.3 Å². The molecular formula is C16H22Cl4IN. The maximum Gasteiger partial charge on any atom is 0.140 e. The number of nitrogens with zero attached hydrogens (tertiary/aromatic N) is 1. The van der Waals surface area contributed by atoms with E-state index in [1.807, 2.05) is 6.08 Å². The van der Waals surface area contributed by atoms with Crippen LogP contribution in [0.5, 0.6) is 0 Å². The summed E-state index contributed by atoms with van der Waals surface area (Å²) in [5.41, 5.74) is 0. The molecule has 0 amide bonds. The molecule has 0 aliphatic heterocycles. The number of hydrogen-bond donors (Lipinski definition) is 0. The number of hydrogen-bond acceptors (Lipinski definition) is 0. The monoisotopic (exact) mass is 495 g/mol. The van der Waals surface area contributed by atoms with E-state index in [1.54, 1.807) is 6.08 Å². The first-order valence-corrected chi connectivity index (χ1v) is 9.47. The number of terminal acetylenes is 1. The van der Waals surface area contributed by atoms with Crippen LogP contribution in [0.25, 0.3) is 0 Å². The van der Waals surface area contributed by atoms with E-state index in [0.717, 1.165) is 37.0 Å².